The Balaban J connectivity index is 2.02. The van der Waals surface area contributed by atoms with Crippen molar-refractivity contribution in [3.63, 3.8) is 0 Å². The summed E-state index contributed by atoms with van der Waals surface area (Å²) in [6.45, 7) is 10.2. The second-order valence-corrected chi connectivity index (χ2v) is 9.05. The van der Waals surface area contributed by atoms with E-state index in [0.29, 0.717) is 36.0 Å². The summed E-state index contributed by atoms with van der Waals surface area (Å²) in [7, 11) is 0. The van der Waals surface area contributed by atoms with E-state index in [1.165, 1.54) is 6.92 Å². The molecule has 5 atom stereocenters. The minimum Gasteiger partial charge on any atom is -0.455 e. The SMILES string of the molecule is CC=C(C)C(=O)OC1CCC2(C)CC3(O)OC(=O)C(C)=C3CC2C1(C)OC(C)=O. The van der Waals surface area contributed by atoms with Crippen LogP contribution in [0.15, 0.2) is 22.8 Å². The lowest BCUT2D eigenvalue weighted by Crippen LogP contribution is -2.63. The van der Waals surface area contributed by atoms with Crippen molar-refractivity contribution < 1.29 is 33.7 Å². The van der Waals surface area contributed by atoms with Gasteiger partial charge in [0.2, 0.25) is 5.79 Å². The van der Waals surface area contributed by atoms with Gasteiger partial charge in [-0.25, -0.2) is 9.59 Å². The van der Waals surface area contributed by atoms with Crippen LogP contribution < -0.4 is 0 Å². The average molecular weight is 406 g/mol. The summed E-state index contributed by atoms with van der Waals surface area (Å²) < 4.78 is 16.9. The average Bonchev–Trinajstić information content (AvgIpc) is 2.82. The van der Waals surface area contributed by atoms with Crippen LogP contribution in [-0.2, 0) is 28.6 Å². The van der Waals surface area contributed by atoms with Gasteiger partial charge in [0, 0.05) is 36.0 Å². The highest BCUT2D eigenvalue weighted by atomic mass is 16.7. The Morgan fingerprint density at radius 2 is 1.93 bits per heavy atom. The van der Waals surface area contributed by atoms with Crippen molar-refractivity contribution in [3.05, 3.63) is 22.8 Å². The number of hydrogen-bond acceptors (Lipinski definition) is 7. The Kier molecular flexibility index (Phi) is 5.18. The number of carbonyl (C=O) groups is 3. The maximum absolute atomic E-state index is 12.4. The minimum absolute atomic E-state index is 0.217. The van der Waals surface area contributed by atoms with Crippen LogP contribution in [0.4, 0.5) is 0 Å². The van der Waals surface area contributed by atoms with E-state index in [1.54, 1.807) is 33.8 Å². The van der Waals surface area contributed by atoms with E-state index in [1.807, 2.05) is 6.92 Å². The van der Waals surface area contributed by atoms with Crippen LogP contribution in [0.25, 0.3) is 0 Å². The first kappa shape index (κ1) is 21.6. The molecule has 0 aromatic carbocycles. The monoisotopic (exact) mass is 406 g/mol. The number of allylic oxidation sites excluding steroid dienone is 1. The molecule has 0 amide bonds. The van der Waals surface area contributed by atoms with E-state index in [-0.39, 0.29) is 12.3 Å². The van der Waals surface area contributed by atoms with Gasteiger partial charge in [0.05, 0.1) is 0 Å². The fourth-order valence-corrected chi connectivity index (χ4v) is 5.38. The van der Waals surface area contributed by atoms with Gasteiger partial charge in [0.25, 0.3) is 0 Å². The number of ether oxygens (including phenoxy) is 3. The molecule has 0 aromatic heterocycles. The molecule has 3 aliphatic rings. The number of carbonyl (C=O) groups excluding carboxylic acids is 3. The van der Waals surface area contributed by atoms with Gasteiger partial charge in [0.15, 0.2) is 0 Å². The van der Waals surface area contributed by atoms with E-state index >= 15 is 0 Å². The van der Waals surface area contributed by atoms with Gasteiger partial charge < -0.3 is 19.3 Å². The van der Waals surface area contributed by atoms with E-state index in [0.717, 1.165) is 0 Å². The maximum atomic E-state index is 12.4. The van der Waals surface area contributed by atoms with E-state index in [9.17, 15) is 19.5 Å². The van der Waals surface area contributed by atoms with Crippen LogP contribution in [0, 0.1) is 11.3 Å². The Morgan fingerprint density at radius 1 is 1.28 bits per heavy atom. The van der Waals surface area contributed by atoms with Gasteiger partial charge in [-0.15, -0.1) is 0 Å². The van der Waals surface area contributed by atoms with Crippen molar-refractivity contribution >= 4 is 17.9 Å². The molecule has 7 heteroatoms. The zero-order chi connectivity index (χ0) is 21.8. The zero-order valence-corrected chi connectivity index (χ0v) is 18.0. The predicted octanol–water partition coefficient (Wildman–Crippen LogP) is 2.96. The normalized spacial score (nSPS) is 39.4. The lowest BCUT2D eigenvalue weighted by Gasteiger charge is -2.58. The fourth-order valence-electron chi connectivity index (χ4n) is 5.38. The van der Waals surface area contributed by atoms with Crippen molar-refractivity contribution in [3.8, 4) is 0 Å². The predicted molar refractivity (Wildman–Crippen MR) is 103 cm³/mol. The molecule has 0 spiro atoms. The highest BCUT2D eigenvalue weighted by Crippen LogP contribution is 2.61. The lowest BCUT2D eigenvalue weighted by molar-refractivity contribution is -0.246. The van der Waals surface area contributed by atoms with E-state index in [2.05, 4.69) is 0 Å². The van der Waals surface area contributed by atoms with Crippen LogP contribution in [0.1, 0.15) is 67.2 Å². The van der Waals surface area contributed by atoms with E-state index < -0.39 is 40.8 Å². The molecule has 0 radical (unpaired) electrons. The summed E-state index contributed by atoms with van der Waals surface area (Å²) >= 11 is 0. The number of esters is 3. The summed E-state index contributed by atoms with van der Waals surface area (Å²) in [5, 5.41) is 11.0. The Bertz CT molecular complexity index is 825. The Labute approximate surface area is 171 Å². The summed E-state index contributed by atoms with van der Waals surface area (Å²) in [6, 6.07) is 0. The molecule has 0 bridgehead atoms. The van der Waals surface area contributed by atoms with Crippen LogP contribution in [-0.4, -0.2) is 40.5 Å². The molecule has 29 heavy (non-hydrogen) atoms. The molecule has 1 heterocycles. The summed E-state index contributed by atoms with van der Waals surface area (Å²) in [5.74, 6) is -3.30. The maximum Gasteiger partial charge on any atom is 0.336 e. The molecule has 1 N–H and O–H groups in total. The Hall–Kier alpha value is -2.15. The first-order chi connectivity index (χ1) is 13.4. The van der Waals surface area contributed by atoms with Crippen LogP contribution in [0.2, 0.25) is 0 Å². The second-order valence-electron chi connectivity index (χ2n) is 9.05. The van der Waals surface area contributed by atoms with Crippen LogP contribution >= 0.6 is 0 Å². The van der Waals surface area contributed by atoms with Crippen molar-refractivity contribution in [2.45, 2.75) is 84.7 Å². The molecule has 7 nitrogen and oxygen atoms in total. The number of hydrogen-bond donors (Lipinski definition) is 1. The molecule has 5 unspecified atom stereocenters. The first-order valence-electron chi connectivity index (χ1n) is 10.1. The minimum atomic E-state index is -1.62. The molecule has 160 valence electrons. The van der Waals surface area contributed by atoms with Crippen molar-refractivity contribution in [2.75, 3.05) is 0 Å². The summed E-state index contributed by atoms with van der Waals surface area (Å²) in [6.07, 6.45) is 2.70. The van der Waals surface area contributed by atoms with E-state index in [4.69, 9.17) is 14.2 Å². The molecule has 2 aliphatic carbocycles. The van der Waals surface area contributed by atoms with Gasteiger partial charge in [0.1, 0.15) is 11.7 Å². The van der Waals surface area contributed by atoms with Gasteiger partial charge in [-0.2, -0.15) is 0 Å². The number of rotatable bonds is 3. The van der Waals surface area contributed by atoms with Gasteiger partial charge in [-0.05, 0) is 52.4 Å². The smallest absolute Gasteiger partial charge is 0.336 e. The molecule has 2 fully saturated rings. The number of aliphatic hydroxyl groups is 1. The third-order valence-electron chi connectivity index (χ3n) is 7.06. The van der Waals surface area contributed by atoms with Crippen molar-refractivity contribution in [1.82, 2.24) is 0 Å². The largest absolute Gasteiger partial charge is 0.455 e. The quantitative estimate of drug-likeness (QED) is 0.437. The second kappa shape index (κ2) is 6.97. The topological polar surface area (TPSA) is 99.1 Å². The van der Waals surface area contributed by atoms with Crippen molar-refractivity contribution in [2.24, 2.45) is 11.3 Å². The van der Waals surface area contributed by atoms with Gasteiger partial charge >= 0.3 is 17.9 Å². The zero-order valence-electron chi connectivity index (χ0n) is 18.0. The molecule has 2 saturated carbocycles. The molecule has 3 rings (SSSR count). The summed E-state index contributed by atoms with van der Waals surface area (Å²) in [5.41, 5.74) is -0.160. The van der Waals surface area contributed by atoms with Crippen LogP contribution in [0.5, 0.6) is 0 Å². The first-order valence-corrected chi connectivity index (χ1v) is 10.1. The molecule has 0 saturated heterocycles. The Morgan fingerprint density at radius 3 is 2.52 bits per heavy atom. The molecular formula is C22H30O7. The summed E-state index contributed by atoms with van der Waals surface area (Å²) in [4.78, 5) is 36.6. The lowest BCUT2D eigenvalue weighted by atomic mass is 9.52. The molecule has 0 aromatic rings. The van der Waals surface area contributed by atoms with Gasteiger partial charge in [-0.3, -0.25) is 4.79 Å². The fraction of sp³-hybridized carbons (Fsp3) is 0.682. The standard InChI is InChI=1S/C22H30O7/c1-7-12(2)18(24)27-17-8-9-20(5)11-22(26)15(13(3)19(25)29-22)10-16(20)21(17,6)28-14(4)23/h7,16-17,26H,8-11H2,1-6H3. The van der Waals surface area contributed by atoms with Gasteiger partial charge in [-0.1, -0.05) is 13.0 Å². The number of fused-ring (bicyclic) bond motifs is 2. The molecular weight excluding hydrogens is 376 g/mol. The van der Waals surface area contributed by atoms with Crippen molar-refractivity contribution in [1.29, 1.82) is 0 Å². The van der Waals surface area contributed by atoms with Crippen LogP contribution in [0.3, 0.4) is 0 Å². The third kappa shape index (κ3) is 3.39. The third-order valence-corrected chi connectivity index (χ3v) is 7.06. The highest BCUT2D eigenvalue weighted by Gasteiger charge is 2.65. The molecule has 1 aliphatic heterocycles. The highest BCUT2D eigenvalue weighted by molar-refractivity contribution is 5.92.